The van der Waals surface area contributed by atoms with Crippen molar-refractivity contribution >= 4 is 11.5 Å². The van der Waals surface area contributed by atoms with Gasteiger partial charge in [0.05, 0.1) is 18.7 Å². The minimum atomic E-state index is -0.305. The normalized spacial score (nSPS) is 16.5. The van der Waals surface area contributed by atoms with Gasteiger partial charge in [0, 0.05) is 43.0 Å². The summed E-state index contributed by atoms with van der Waals surface area (Å²) in [5, 5.41) is 0. The van der Waals surface area contributed by atoms with Gasteiger partial charge in [-0.1, -0.05) is 11.6 Å². The maximum absolute atomic E-state index is 13.8. The summed E-state index contributed by atoms with van der Waals surface area (Å²) in [6, 6.07) is 8.75. The summed E-state index contributed by atoms with van der Waals surface area (Å²) < 4.78 is 24.7. The first kappa shape index (κ1) is 19.6. The van der Waals surface area contributed by atoms with Gasteiger partial charge in [-0.3, -0.25) is 9.78 Å². The van der Waals surface area contributed by atoms with E-state index in [0.29, 0.717) is 31.9 Å². The molecular formula is C23H25FN2O3. The highest BCUT2D eigenvalue weighted by molar-refractivity contribution is 5.86. The SMILES string of the molecule is CCOC(=O)CCN1CCC(=C2c3ccc(F)cc3OCc3ncccc32)CC1. The average molecular weight is 396 g/mol. The Kier molecular flexibility index (Phi) is 5.90. The number of benzene rings is 1. The van der Waals surface area contributed by atoms with Crippen molar-refractivity contribution < 1.29 is 18.7 Å². The topological polar surface area (TPSA) is 51.7 Å². The number of hydrogen-bond donors (Lipinski definition) is 0. The van der Waals surface area contributed by atoms with Crippen molar-refractivity contribution in [1.82, 2.24) is 9.88 Å². The molecule has 0 amide bonds. The number of aromatic nitrogens is 1. The molecule has 0 bridgehead atoms. The summed E-state index contributed by atoms with van der Waals surface area (Å²) in [4.78, 5) is 18.4. The highest BCUT2D eigenvalue weighted by atomic mass is 19.1. The number of carbonyl (C=O) groups is 1. The fourth-order valence-electron chi connectivity index (χ4n) is 4.05. The van der Waals surface area contributed by atoms with Gasteiger partial charge in [-0.15, -0.1) is 0 Å². The standard InChI is InChI=1S/C23H25FN2O3/c1-2-28-22(27)9-13-26-11-7-16(8-12-26)23-18-4-3-10-25-20(18)15-29-21-14-17(24)5-6-19(21)23/h3-6,10,14H,2,7-9,11-13,15H2,1H3. The Morgan fingerprint density at radius 1 is 1.24 bits per heavy atom. The summed E-state index contributed by atoms with van der Waals surface area (Å²) >= 11 is 0. The van der Waals surface area contributed by atoms with Crippen LogP contribution in [-0.4, -0.2) is 42.1 Å². The van der Waals surface area contributed by atoms with Crippen LogP contribution in [0.3, 0.4) is 0 Å². The van der Waals surface area contributed by atoms with Gasteiger partial charge < -0.3 is 14.4 Å². The van der Waals surface area contributed by atoms with Crippen LogP contribution in [-0.2, 0) is 16.1 Å². The summed E-state index contributed by atoms with van der Waals surface area (Å²) in [5.41, 5.74) is 5.30. The molecule has 152 valence electrons. The number of rotatable bonds is 4. The first-order valence-electron chi connectivity index (χ1n) is 10.1. The third-order valence-corrected chi connectivity index (χ3v) is 5.49. The Morgan fingerprint density at radius 3 is 2.86 bits per heavy atom. The van der Waals surface area contributed by atoms with E-state index in [2.05, 4.69) is 16.0 Å². The van der Waals surface area contributed by atoms with Crippen molar-refractivity contribution in [2.45, 2.75) is 32.8 Å². The maximum Gasteiger partial charge on any atom is 0.307 e. The van der Waals surface area contributed by atoms with E-state index in [1.54, 1.807) is 6.20 Å². The third kappa shape index (κ3) is 4.32. The van der Waals surface area contributed by atoms with Crippen LogP contribution in [0, 0.1) is 5.82 Å². The molecule has 5 nitrogen and oxygen atoms in total. The molecular weight excluding hydrogens is 371 g/mol. The van der Waals surface area contributed by atoms with E-state index >= 15 is 0 Å². The second kappa shape index (κ2) is 8.74. The van der Waals surface area contributed by atoms with Gasteiger partial charge in [0.1, 0.15) is 18.2 Å². The van der Waals surface area contributed by atoms with Crippen LogP contribution in [0.15, 0.2) is 42.1 Å². The molecule has 3 heterocycles. The zero-order valence-corrected chi connectivity index (χ0v) is 16.6. The lowest BCUT2D eigenvalue weighted by molar-refractivity contribution is -0.143. The van der Waals surface area contributed by atoms with Gasteiger partial charge in [-0.05, 0) is 43.5 Å². The number of ether oxygens (including phenoxy) is 2. The van der Waals surface area contributed by atoms with Gasteiger partial charge in [-0.25, -0.2) is 4.39 Å². The summed E-state index contributed by atoms with van der Waals surface area (Å²) in [6.07, 6.45) is 3.97. The Hall–Kier alpha value is -2.73. The molecule has 0 atom stereocenters. The van der Waals surface area contributed by atoms with Crippen LogP contribution in [0.4, 0.5) is 4.39 Å². The molecule has 0 spiro atoms. The number of nitrogens with zero attached hydrogens (tertiary/aromatic N) is 2. The fraction of sp³-hybridized carbons (Fsp3) is 0.391. The number of hydrogen-bond acceptors (Lipinski definition) is 5. The van der Waals surface area contributed by atoms with E-state index in [4.69, 9.17) is 9.47 Å². The molecule has 1 aromatic heterocycles. The molecule has 0 unspecified atom stereocenters. The number of esters is 1. The third-order valence-electron chi connectivity index (χ3n) is 5.49. The summed E-state index contributed by atoms with van der Waals surface area (Å²) in [7, 11) is 0. The zero-order chi connectivity index (χ0) is 20.2. The minimum Gasteiger partial charge on any atom is -0.487 e. The van der Waals surface area contributed by atoms with Gasteiger partial charge in [-0.2, -0.15) is 0 Å². The van der Waals surface area contributed by atoms with Crippen molar-refractivity contribution in [2.75, 3.05) is 26.2 Å². The lowest BCUT2D eigenvalue weighted by atomic mass is 9.87. The molecule has 2 aromatic rings. The van der Waals surface area contributed by atoms with Crippen LogP contribution in [0.2, 0.25) is 0 Å². The van der Waals surface area contributed by atoms with Crippen molar-refractivity contribution in [3.05, 3.63) is 64.7 Å². The molecule has 0 N–H and O–H groups in total. The smallest absolute Gasteiger partial charge is 0.307 e. The van der Waals surface area contributed by atoms with Crippen molar-refractivity contribution in [3.63, 3.8) is 0 Å². The minimum absolute atomic E-state index is 0.145. The molecule has 29 heavy (non-hydrogen) atoms. The molecule has 0 aliphatic carbocycles. The Morgan fingerprint density at radius 2 is 2.07 bits per heavy atom. The van der Waals surface area contributed by atoms with Crippen LogP contribution < -0.4 is 4.74 Å². The van der Waals surface area contributed by atoms with Gasteiger partial charge in [0.15, 0.2) is 0 Å². The quantitative estimate of drug-likeness (QED) is 0.732. The molecule has 1 fully saturated rings. The van der Waals surface area contributed by atoms with Crippen molar-refractivity contribution in [3.8, 4) is 5.75 Å². The van der Waals surface area contributed by atoms with Crippen LogP contribution >= 0.6 is 0 Å². The van der Waals surface area contributed by atoms with Crippen LogP contribution in [0.5, 0.6) is 5.75 Å². The first-order valence-corrected chi connectivity index (χ1v) is 10.1. The largest absolute Gasteiger partial charge is 0.487 e. The Labute approximate surface area is 170 Å². The molecule has 0 radical (unpaired) electrons. The second-order valence-corrected chi connectivity index (χ2v) is 7.30. The van der Waals surface area contributed by atoms with E-state index in [9.17, 15) is 9.18 Å². The van der Waals surface area contributed by atoms with E-state index < -0.39 is 0 Å². The highest BCUT2D eigenvalue weighted by Gasteiger charge is 2.25. The monoisotopic (exact) mass is 396 g/mol. The summed E-state index contributed by atoms with van der Waals surface area (Å²) in [5.74, 6) is 0.115. The number of piperidine rings is 1. The van der Waals surface area contributed by atoms with Crippen molar-refractivity contribution in [2.24, 2.45) is 0 Å². The van der Waals surface area contributed by atoms with Gasteiger partial charge >= 0.3 is 5.97 Å². The number of fused-ring (bicyclic) bond motifs is 2. The predicted octanol–water partition coefficient (Wildman–Crippen LogP) is 3.96. The molecule has 2 aliphatic heterocycles. The number of pyridine rings is 1. The molecule has 4 rings (SSSR count). The second-order valence-electron chi connectivity index (χ2n) is 7.30. The lowest BCUT2D eigenvalue weighted by Gasteiger charge is -2.30. The van der Waals surface area contributed by atoms with Crippen molar-refractivity contribution in [1.29, 1.82) is 0 Å². The Balaban J connectivity index is 1.61. The number of likely N-dealkylation sites (tertiary alicyclic amines) is 1. The van der Waals surface area contributed by atoms with E-state index in [1.165, 1.54) is 17.7 Å². The molecule has 6 heteroatoms. The summed E-state index contributed by atoms with van der Waals surface area (Å²) in [6.45, 7) is 5.05. The van der Waals surface area contributed by atoms with E-state index in [-0.39, 0.29) is 11.8 Å². The predicted molar refractivity (Wildman–Crippen MR) is 108 cm³/mol. The zero-order valence-electron chi connectivity index (χ0n) is 16.6. The molecule has 1 aromatic carbocycles. The molecule has 1 saturated heterocycles. The number of halogens is 1. The fourth-order valence-corrected chi connectivity index (χ4v) is 4.05. The number of carbonyl (C=O) groups excluding carboxylic acids is 1. The van der Waals surface area contributed by atoms with Gasteiger partial charge in [0.2, 0.25) is 0 Å². The van der Waals surface area contributed by atoms with E-state index in [0.717, 1.165) is 48.3 Å². The lowest BCUT2D eigenvalue weighted by Crippen LogP contribution is -2.33. The first-order chi connectivity index (χ1) is 14.2. The van der Waals surface area contributed by atoms with Crippen LogP contribution in [0.1, 0.15) is 43.0 Å². The van der Waals surface area contributed by atoms with Crippen LogP contribution in [0.25, 0.3) is 5.57 Å². The maximum atomic E-state index is 13.8. The van der Waals surface area contributed by atoms with Gasteiger partial charge in [0.25, 0.3) is 0 Å². The molecule has 2 aliphatic rings. The average Bonchev–Trinajstić information content (AvgIpc) is 2.89. The molecule has 0 saturated carbocycles. The Bertz CT molecular complexity index is 931. The van der Waals surface area contributed by atoms with E-state index in [1.807, 2.05) is 19.1 Å². The highest BCUT2D eigenvalue weighted by Crippen LogP contribution is 2.40.